The quantitative estimate of drug-likeness (QED) is 0.466. The molecule has 1 amide bonds. The molecule has 1 aromatic heterocycles. The summed E-state index contributed by atoms with van der Waals surface area (Å²) in [4.78, 5) is 16.1. The fourth-order valence-corrected chi connectivity index (χ4v) is 5.61. The molecule has 3 aromatic rings. The van der Waals surface area contributed by atoms with Crippen molar-refractivity contribution in [3.63, 3.8) is 0 Å². The van der Waals surface area contributed by atoms with Gasteiger partial charge in [-0.2, -0.15) is 0 Å². The van der Waals surface area contributed by atoms with E-state index < -0.39 is 10.0 Å². The molecule has 0 radical (unpaired) electrons. The van der Waals surface area contributed by atoms with Crippen molar-refractivity contribution in [2.75, 3.05) is 24.0 Å². The Morgan fingerprint density at radius 2 is 2.06 bits per heavy atom. The fraction of sp³-hybridized carbons (Fsp3) is 0.304. The number of anilines is 1. The number of carbonyl (C=O) groups is 1. The molecule has 8 nitrogen and oxygen atoms in total. The molecule has 0 aliphatic carbocycles. The van der Waals surface area contributed by atoms with Crippen LogP contribution in [-0.4, -0.2) is 43.6 Å². The van der Waals surface area contributed by atoms with E-state index in [0.717, 1.165) is 31.4 Å². The highest BCUT2D eigenvalue weighted by molar-refractivity contribution is 7.92. The molecule has 1 N–H and O–H groups in total. The van der Waals surface area contributed by atoms with Crippen LogP contribution in [0.15, 0.2) is 66.1 Å². The van der Waals surface area contributed by atoms with E-state index in [4.69, 9.17) is 16.3 Å². The van der Waals surface area contributed by atoms with Gasteiger partial charge in [0.2, 0.25) is 0 Å². The van der Waals surface area contributed by atoms with E-state index in [2.05, 4.69) is 10.3 Å². The van der Waals surface area contributed by atoms with Crippen LogP contribution in [0.25, 0.3) is 0 Å². The van der Waals surface area contributed by atoms with Gasteiger partial charge in [0.25, 0.3) is 15.9 Å². The van der Waals surface area contributed by atoms with E-state index in [-0.39, 0.29) is 28.2 Å². The lowest BCUT2D eigenvalue weighted by atomic mass is 10.0. The number of aryl methyl sites for hydroxylation is 2. The van der Waals surface area contributed by atoms with Gasteiger partial charge in [0.15, 0.2) is 6.61 Å². The summed E-state index contributed by atoms with van der Waals surface area (Å²) in [6, 6.07) is 11.8. The summed E-state index contributed by atoms with van der Waals surface area (Å²) in [7, 11) is -3.77. The Morgan fingerprint density at radius 1 is 1.21 bits per heavy atom. The van der Waals surface area contributed by atoms with Crippen LogP contribution in [0.4, 0.5) is 5.69 Å². The van der Waals surface area contributed by atoms with Gasteiger partial charge in [-0.05, 0) is 49.1 Å². The highest BCUT2D eigenvalue weighted by atomic mass is 35.5. The van der Waals surface area contributed by atoms with Gasteiger partial charge < -0.3 is 14.6 Å². The minimum absolute atomic E-state index is 0.0838. The van der Waals surface area contributed by atoms with Crippen molar-refractivity contribution in [1.29, 1.82) is 0 Å². The molecular weight excluding hydrogens is 464 g/mol. The van der Waals surface area contributed by atoms with Crippen LogP contribution in [0.1, 0.15) is 18.4 Å². The summed E-state index contributed by atoms with van der Waals surface area (Å²) < 4.78 is 35.4. The zero-order valence-electron chi connectivity index (χ0n) is 18.0. The standard InChI is InChI=1S/C23H25ClN4O4S/c24-20-15-19(33(30,31)28-13-3-6-18-5-1-2-7-21(18)28)8-9-22(20)32-16-23(29)26-10-4-12-27-14-11-25-17-27/h1-2,5,7-9,11,14-15,17H,3-4,6,10,12-13,16H2,(H,26,29). The van der Waals surface area contributed by atoms with Crippen LogP contribution in [0.3, 0.4) is 0 Å². The molecule has 1 aliphatic heterocycles. The first-order chi connectivity index (χ1) is 15.9. The molecule has 0 bridgehead atoms. The number of nitrogens with one attached hydrogen (secondary N) is 1. The molecule has 174 valence electrons. The molecule has 2 aromatic carbocycles. The number of hydrogen-bond donors (Lipinski definition) is 1. The summed E-state index contributed by atoms with van der Waals surface area (Å²) in [6.45, 7) is 1.46. The van der Waals surface area contributed by atoms with Gasteiger partial charge in [0, 0.05) is 32.0 Å². The van der Waals surface area contributed by atoms with Gasteiger partial charge in [-0.15, -0.1) is 0 Å². The van der Waals surface area contributed by atoms with Crippen molar-refractivity contribution in [1.82, 2.24) is 14.9 Å². The molecular formula is C23H25ClN4O4S. The molecule has 0 saturated carbocycles. The molecule has 0 unspecified atom stereocenters. The van der Waals surface area contributed by atoms with Gasteiger partial charge >= 0.3 is 0 Å². The number of nitrogens with zero attached hydrogens (tertiary/aromatic N) is 3. The lowest BCUT2D eigenvalue weighted by molar-refractivity contribution is -0.123. The Morgan fingerprint density at radius 3 is 2.85 bits per heavy atom. The third kappa shape index (κ3) is 5.48. The predicted molar refractivity (Wildman–Crippen MR) is 126 cm³/mol. The number of rotatable bonds is 9. The fourth-order valence-electron chi connectivity index (χ4n) is 3.74. The summed E-state index contributed by atoms with van der Waals surface area (Å²) >= 11 is 6.29. The highest BCUT2D eigenvalue weighted by Gasteiger charge is 2.29. The normalized spacial score (nSPS) is 13.4. The zero-order valence-corrected chi connectivity index (χ0v) is 19.6. The van der Waals surface area contributed by atoms with Crippen molar-refractivity contribution in [3.8, 4) is 5.75 Å². The second-order valence-electron chi connectivity index (χ2n) is 7.69. The number of benzene rings is 2. The Labute approximate surface area is 198 Å². The number of hydrogen-bond acceptors (Lipinski definition) is 5. The largest absolute Gasteiger partial charge is 0.482 e. The second kappa shape index (κ2) is 10.3. The van der Waals surface area contributed by atoms with Gasteiger partial charge in [-0.1, -0.05) is 29.8 Å². The van der Waals surface area contributed by atoms with E-state index in [0.29, 0.717) is 18.8 Å². The first kappa shape index (κ1) is 23.1. The maximum atomic E-state index is 13.3. The van der Waals surface area contributed by atoms with E-state index >= 15 is 0 Å². The highest BCUT2D eigenvalue weighted by Crippen LogP contribution is 2.34. The van der Waals surface area contributed by atoms with Crippen LogP contribution >= 0.6 is 11.6 Å². The number of amides is 1. The molecule has 0 saturated heterocycles. The van der Waals surface area contributed by atoms with E-state index in [1.165, 1.54) is 22.5 Å². The van der Waals surface area contributed by atoms with Crippen molar-refractivity contribution >= 4 is 33.2 Å². The van der Waals surface area contributed by atoms with Crippen LogP contribution in [0, 0.1) is 0 Å². The van der Waals surface area contributed by atoms with Crippen molar-refractivity contribution < 1.29 is 17.9 Å². The molecule has 1 aliphatic rings. The predicted octanol–water partition coefficient (Wildman–Crippen LogP) is 3.26. The molecule has 33 heavy (non-hydrogen) atoms. The van der Waals surface area contributed by atoms with Crippen LogP contribution in [-0.2, 0) is 27.8 Å². The number of halogens is 1. The topological polar surface area (TPSA) is 93.5 Å². The Bertz CT molecular complexity index is 1210. The van der Waals surface area contributed by atoms with Crippen LogP contribution in [0.2, 0.25) is 5.02 Å². The maximum Gasteiger partial charge on any atom is 0.264 e. The third-order valence-electron chi connectivity index (χ3n) is 5.39. The number of para-hydroxylation sites is 1. The lowest BCUT2D eigenvalue weighted by Gasteiger charge is -2.30. The second-order valence-corrected chi connectivity index (χ2v) is 9.96. The molecule has 10 heteroatoms. The van der Waals surface area contributed by atoms with Crippen LogP contribution < -0.4 is 14.4 Å². The zero-order chi connectivity index (χ0) is 23.3. The molecule has 2 heterocycles. The first-order valence-corrected chi connectivity index (χ1v) is 12.5. The first-order valence-electron chi connectivity index (χ1n) is 10.7. The molecule has 4 rings (SSSR count). The van der Waals surface area contributed by atoms with E-state index in [9.17, 15) is 13.2 Å². The third-order valence-corrected chi connectivity index (χ3v) is 7.50. The number of carbonyl (C=O) groups excluding carboxylic acids is 1. The van der Waals surface area contributed by atoms with Gasteiger partial charge in [0.05, 0.1) is 21.9 Å². The Hall–Kier alpha value is -3.04. The minimum atomic E-state index is -3.77. The van der Waals surface area contributed by atoms with Crippen molar-refractivity contribution in [2.45, 2.75) is 30.7 Å². The maximum absolute atomic E-state index is 13.3. The number of ether oxygens (including phenoxy) is 1. The monoisotopic (exact) mass is 488 g/mol. The van der Waals surface area contributed by atoms with Gasteiger partial charge in [0.1, 0.15) is 5.75 Å². The average molecular weight is 489 g/mol. The Balaban J connectivity index is 1.34. The Kier molecular flexibility index (Phi) is 7.20. The molecule has 0 spiro atoms. The van der Waals surface area contributed by atoms with Crippen LogP contribution in [0.5, 0.6) is 5.75 Å². The van der Waals surface area contributed by atoms with Crippen molar-refractivity contribution in [3.05, 3.63) is 71.8 Å². The SMILES string of the molecule is O=C(COc1ccc(S(=O)(=O)N2CCCc3ccccc32)cc1Cl)NCCCn1ccnc1. The summed E-state index contributed by atoms with van der Waals surface area (Å²) in [5.74, 6) is -0.0263. The number of aromatic nitrogens is 2. The van der Waals surface area contributed by atoms with E-state index in [1.807, 2.05) is 35.0 Å². The summed E-state index contributed by atoms with van der Waals surface area (Å²) in [6.07, 6.45) is 7.65. The van der Waals surface area contributed by atoms with Gasteiger partial charge in [-0.3, -0.25) is 9.10 Å². The number of sulfonamides is 1. The molecule has 0 atom stereocenters. The van der Waals surface area contributed by atoms with E-state index in [1.54, 1.807) is 12.5 Å². The molecule has 0 fully saturated rings. The number of fused-ring (bicyclic) bond motifs is 1. The average Bonchev–Trinajstić information content (AvgIpc) is 3.34. The summed E-state index contributed by atoms with van der Waals surface area (Å²) in [5, 5.41) is 2.91. The summed E-state index contributed by atoms with van der Waals surface area (Å²) in [5.41, 5.74) is 1.71. The van der Waals surface area contributed by atoms with Gasteiger partial charge in [-0.25, -0.2) is 13.4 Å². The minimum Gasteiger partial charge on any atom is -0.482 e. The van der Waals surface area contributed by atoms with Crippen molar-refractivity contribution in [2.24, 2.45) is 0 Å². The smallest absolute Gasteiger partial charge is 0.264 e. The lowest BCUT2D eigenvalue weighted by Crippen LogP contribution is -2.35. The number of imidazole rings is 1.